The molecule has 0 spiro atoms. The van der Waals surface area contributed by atoms with Crippen molar-refractivity contribution in [1.29, 1.82) is 0 Å². The number of benzene rings is 2. The zero-order valence-corrected chi connectivity index (χ0v) is 19.7. The van der Waals surface area contributed by atoms with Crippen LogP contribution in [-0.4, -0.2) is 41.3 Å². The number of nitrogens with zero attached hydrogens (tertiary/aromatic N) is 1. The Hall–Kier alpha value is -2.74. The molecule has 170 valence electrons. The van der Waals surface area contributed by atoms with Crippen molar-refractivity contribution in [2.45, 2.75) is 39.2 Å². The highest BCUT2D eigenvalue weighted by Gasteiger charge is 2.19. The molecule has 1 atom stereocenters. The van der Waals surface area contributed by atoms with E-state index >= 15 is 0 Å². The number of carbonyl (C=O) groups is 1. The van der Waals surface area contributed by atoms with Crippen molar-refractivity contribution in [1.82, 2.24) is 5.32 Å². The molecule has 2 rings (SSSR count). The lowest BCUT2D eigenvalue weighted by molar-refractivity contribution is -0.121. The molecule has 7 nitrogen and oxygen atoms in total. The fraction of sp³-hybridized carbons (Fsp3) is 0.435. The number of nitrogens with one attached hydrogen (secondary N) is 1. The first-order chi connectivity index (χ1) is 14.7. The molecule has 0 aliphatic carbocycles. The van der Waals surface area contributed by atoms with Crippen LogP contribution < -0.4 is 19.1 Å². The Balaban J connectivity index is 2.01. The van der Waals surface area contributed by atoms with Crippen LogP contribution in [0.1, 0.15) is 43.4 Å². The van der Waals surface area contributed by atoms with E-state index in [4.69, 9.17) is 9.47 Å². The van der Waals surface area contributed by atoms with Crippen LogP contribution in [0.15, 0.2) is 42.5 Å². The maximum atomic E-state index is 12.6. The normalized spacial score (nSPS) is 12.2. The van der Waals surface area contributed by atoms with Crippen LogP contribution in [0.4, 0.5) is 5.69 Å². The highest BCUT2D eigenvalue weighted by atomic mass is 32.2. The number of sulfonamides is 1. The van der Waals surface area contributed by atoms with E-state index in [-0.39, 0.29) is 24.9 Å². The maximum Gasteiger partial charge on any atom is 0.232 e. The van der Waals surface area contributed by atoms with Crippen molar-refractivity contribution in [3.63, 3.8) is 0 Å². The van der Waals surface area contributed by atoms with Gasteiger partial charge in [-0.1, -0.05) is 25.1 Å². The van der Waals surface area contributed by atoms with Crippen LogP contribution in [0.2, 0.25) is 0 Å². The van der Waals surface area contributed by atoms with Gasteiger partial charge in [0, 0.05) is 13.0 Å². The summed E-state index contributed by atoms with van der Waals surface area (Å²) < 4.78 is 36.5. The first kappa shape index (κ1) is 24.5. The lowest BCUT2D eigenvalue weighted by Gasteiger charge is -2.23. The summed E-state index contributed by atoms with van der Waals surface area (Å²) in [7, 11) is -0.293. The molecule has 0 radical (unpaired) electrons. The largest absolute Gasteiger partial charge is 0.493 e. The molecule has 8 heteroatoms. The molecular weight excluding hydrogens is 416 g/mol. The van der Waals surface area contributed by atoms with Gasteiger partial charge in [-0.05, 0) is 55.2 Å². The minimum absolute atomic E-state index is 0.126. The predicted molar refractivity (Wildman–Crippen MR) is 123 cm³/mol. The van der Waals surface area contributed by atoms with Crippen LogP contribution >= 0.6 is 0 Å². The smallest absolute Gasteiger partial charge is 0.232 e. The average molecular weight is 449 g/mol. The second-order valence-electron chi connectivity index (χ2n) is 7.42. The Morgan fingerprint density at radius 2 is 1.81 bits per heavy atom. The molecule has 0 saturated heterocycles. The summed E-state index contributed by atoms with van der Waals surface area (Å²) >= 11 is 0. The van der Waals surface area contributed by atoms with Gasteiger partial charge in [0.05, 0.1) is 32.2 Å². The SMILES string of the molecule is CC[C@@H](NC(=O)CCCN(c1cccc(C)c1)S(C)(=O)=O)c1ccc(OC)c(OC)c1. The van der Waals surface area contributed by atoms with Crippen molar-refractivity contribution in [2.75, 3.05) is 31.3 Å². The summed E-state index contributed by atoms with van der Waals surface area (Å²) in [5, 5.41) is 3.03. The van der Waals surface area contributed by atoms with Crippen molar-refractivity contribution in [2.24, 2.45) is 0 Å². The second kappa shape index (κ2) is 11.0. The Morgan fingerprint density at radius 1 is 1.10 bits per heavy atom. The van der Waals surface area contributed by atoms with Crippen LogP contribution in [0.3, 0.4) is 0 Å². The van der Waals surface area contributed by atoms with E-state index in [0.717, 1.165) is 11.1 Å². The Kier molecular flexibility index (Phi) is 8.74. The standard InChI is InChI=1S/C23H32N2O5S/c1-6-20(18-12-13-21(29-3)22(16-18)30-4)24-23(26)11-8-14-25(31(5,27)28)19-10-7-9-17(2)15-19/h7,9-10,12-13,15-16,20H,6,8,11,14H2,1-5H3,(H,24,26)/t20-/m1/s1. The summed E-state index contributed by atoms with van der Waals surface area (Å²) in [6, 6.07) is 12.7. The molecule has 31 heavy (non-hydrogen) atoms. The quantitative estimate of drug-likeness (QED) is 0.565. The van der Waals surface area contributed by atoms with E-state index in [0.29, 0.717) is 30.0 Å². The Bertz CT molecular complexity index is 991. The minimum atomic E-state index is -3.44. The molecule has 0 saturated carbocycles. The van der Waals surface area contributed by atoms with Gasteiger partial charge in [-0.25, -0.2) is 8.42 Å². The zero-order valence-electron chi connectivity index (χ0n) is 18.8. The third kappa shape index (κ3) is 6.89. The number of ether oxygens (including phenoxy) is 2. The van der Waals surface area contributed by atoms with Gasteiger partial charge in [0.1, 0.15) is 0 Å². The van der Waals surface area contributed by atoms with E-state index in [1.165, 1.54) is 10.6 Å². The number of rotatable bonds is 11. The molecule has 0 aromatic heterocycles. The number of hydrogen-bond donors (Lipinski definition) is 1. The molecule has 0 fully saturated rings. The molecule has 0 bridgehead atoms. The highest BCUT2D eigenvalue weighted by molar-refractivity contribution is 7.92. The molecule has 2 aromatic carbocycles. The lowest BCUT2D eigenvalue weighted by atomic mass is 10.0. The molecule has 0 unspecified atom stereocenters. The van der Waals surface area contributed by atoms with E-state index in [9.17, 15) is 13.2 Å². The molecule has 0 heterocycles. The predicted octanol–water partition coefficient (Wildman–Crippen LogP) is 3.83. The van der Waals surface area contributed by atoms with Crippen LogP contribution in [0.25, 0.3) is 0 Å². The number of carbonyl (C=O) groups excluding carboxylic acids is 1. The number of aryl methyl sites for hydroxylation is 1. The molecule has 0 aliphatic rings. The topological polar surface area (TPSA) is 84.9 Å². The van der Waals surface area contributed by atoms with Crippen molar-refractivity contribution < 1.29 is 22.7 Å². The second-order valence-corrected chi connectivity index (χ2v) is 9.33. The van der Waals surface area contributed by atoms with Gasteiger partial charge in [-0.2, -0.15) is 0 Å². The van der Waals surface area contributed by atoms with Crippen LogP contribution in [-0.2, 0) is 14.8 Å². The van der Waals surface area contributed by atoms with Gasteiger partial charge in [-0.15, -0.1) is 0 Å². The Morgan fingerprint density at radius 3 is 2.39 bits per heavy atom. The summed E-state index contributed by atoms with van der Waals surface area (Å²) in [6.45, 7) is 4.14. The van der Waals surface area contributed by atoms with Crippen LogP contribution in [0, 0.1) is 6.92 Å². The van der Waals surface area contributed by atoms with Gasteiger partial charge in [0.15, 0.2) is 11.5 Å². The first-order valence-electron chi connectivity index (χ1n) is 10.2. The number of anilines is 1. The summed E-state index contributed by atoms with van der Waals surface area (Å²) in [5.41, 5.74) is 2.51. The third-order valence-corrected chi connectivity index (χ3v) is 6.20. The lowest BCUT2D eigenvalue weighted by Crippen LogP contribution is -2.33. The van der Waals surface area contributed by atoms with Gasteiger partial charge in [-0.3, -0.25) is 9.10 Å². The van der Waals surface area contributed by atoms with E-state index in [1.54, 1.807) is 20.3 Å². The summed E-state index contributed by atoms with van der Waals surface area (Å²) in [5.74, 6) is 1.11. The van der Waals surface area contributed by atoms with Gasteiger partial charge >= 0.3 is 0 Å². The number of amides is 1. The number of methoxy groups -OCH3 is 2. The minimum Gasteiger partial charge on any atom is -0.493 e. The van der Waals surface area contributed by atoms with Crippen molar-refractivity contribution >= 4 is 21.6 Å². The number of hydrogen-bond acceptors (Lipinski definition) is 5. The summed E-state index contributed by atoms with van der Waals surface area (Å²) in [4.78, 5) is 12.6. The van der Waals surface area contributed by atoms with E-state index < -0.39 is 10.0 Å². The Labute approximate surface area is 185 Å². The van der Waals surface area contributed by atoms with E-state index in [1.807, 2.05) is 50.2 Å². The average Bonchev–Trinajstić information content (AvgIpc) is 2.73. The van der Waals surface area contributed by atoms with Gasteiger partial charge < -0.3 is 14.8 Å². The third-order valence-electron chi connectivity index (χ3n) is 5.01. The fourth-order valence-electron chi connectivity index (χ4n) is 3.41. The van der Waals surface area contributed by atoms with Crippen LogP contribution in [0.5, 0.6) is 11.5 Å². The van der Waals surface area contributed by atoms with Crippen molar-refractivity contribution in [3.05, 3.63) is 53.6 Å². The molecule has 2 aromatic rings. The van der Waals surface area contributed by atoms with Crippen molar-refractivity contribution in [3.8, 4) is 11.5 Å². The first-order valence-corrected chi connectivity index (χ1v) is 12.1. The van der Waals surface area contributed by atoms with Gasteiger partial charge in [0.25, 0.3) is 0 Å². The van der Waals surface area contributed by atoms with E-state index in [2.05, 4.69) is 5.32 Å². The molecular formula is C23H32N2O5S. The molecule has 1 N–H and O–H groups in total. The maximum absolute atomic E-state index is 12.6. The summed E-state index contributed by atoms with van der Waals surface area (Å²) in [6.07, 6.45) is 2.52. The zero-order chi connectivity index (χ0) is 23.0. The monoisotopic (exact) mass is 448 g/mol. The van der Waals surface area contributed by atoms with Gasteiger partial charge in [0.2, 0.25) is 15.9 Å². The highest BCUT2D eigenvalue weighted by Crippen LogP contribution is 2.31. The molecule has 1 amide bonds. The fourth-order valence-corrected chi connectivity index (χ4v) is 4.37. The molecule has 0 aliphatic heterocycles.